The molecule has 0 unspecified atom stereocenters. The number of thiazole rings is 1. The molecule has 12 nitrogen and oxygen atoms in total. The molecule has 1 aromatic heterocycles. The highest BCUT2D eigenvalue weighted by atomic mass is 32.1. The second kappa shape index (κ2) is 18.6. The van der Waals surface area contributed by atoms with Gasteiger partial charge in [0, 0.05) is 37.9 Å². The Morgan fingerprint density at radius 3 is 2.33 bits per heavy atom. The van der Waals surface area contributed by atoms with Crippen molar-refractivity contribution in [3.05, 3.63) is 16.1 Å². The van der Waals surface area contributed by atoms with Crippen LogP contribution in [0.25, 0.3) is 0 Å². The van der Waals surface area contributed by atoms with Crippen molar-refractivity contribution >= 4 is 41.0 Å². The van der Waals surface area contributed by atoms with Gasteiger partial charge in [-0.1, -0.05) is 47.5 Å². The molecule has 2 heterocycles. The number of piperidine rings is 1. The Morgan fingerprint density at radius 2 is 1.75 bits per heavy atom. The van der Waals surface area contributed by atoms with E-state index < -0.39 is 24.1 Å². The summed E-state index contributed by atoms with van der Waals surface area (Å²) in [5.74, 6) is -2.50. The molecule has 4 atom stereocenters. The van der Waals surface area contributed by atoms with Gasteiger partial charge in [-0.05, 0) is 69.9 Å². The third kappa shape index (κ3) is 11.0. The average Bonchev–Trinajstić information content (AvgIpc) is 3.54. The second-order valence-electron chi connectivity index (χ2n) is 14.2. The summed E-state index contributed by atoms with van der Waals surface area (Å²) in [5, 5.41) is 17.4. The lowest BCUT2D eigenvalue weighted by molar-refractivity contribution is -0.149. The number of unbranched alkanes of at least 4 members (excludes halogenated alkanes) is 1. The van der Waals surface area contributed by atoms with E-state index in [0.717, 1.165) is 45.2 Å². The van der Waals surface area contributed by atoms with E-state index in [9.17, 15) is 29.1 Å². The van der Waals surface area contributed by atoms with Gasteiger partial charge in [0.05, 0.1) is 12.0 Å². The third-order valence-corrected chi connectivity index (χ3v) is 10.7. The molecule has 0 aromatic carbocycles. The number of ether oxygens (including phenoxy) is 1. The smallest absolute Gasteiger partial charge is 0.306 e. The van der Waals surface area contributed by atoms with Crippen molar-refractivity contribution in [3.63, 3.8) is 0 Å². The number of carboxylic acid groups (broad SMARTS) is 1. The van der Waals surface area contributed by atoms with Gasteiger partial charge in [0.1, 0.15) is 16.7 Å². The SMILES string of the molecule is CCCCN1CCCC[C@@H]1C(=O)N[C@H](C(=O)N(C)[C@H](C[C@@H](OC(C)=O)c1nc(C(=O)NC2CCC(C(=O)O)CC2)cs1)C(C)C)C(C)C. The number of nitrogens with zero attached hydrogens (tertiary/aromatic N) is 3. The van der Waals surface area contributed by atoms with Crippen molar-refractivity contribution < 1.29 is 33.8 Å². The number of hydrogen-bond acceptors (Lipinski definition) is 9. The quantitative estimate of drug-likeness (QED) is 0.207. The molecule has 0 spiro atoms. The van der Waals surface area contributed by atoms with Crippen LogP contribution in [0, 0.1) is 17.8 Å². The van der Waals surface area contributed by atoms with Crippen molar-refractivity contribution in [2.75, 3.05) is 20.1 Å². The number of carbonyl (C=O) groups excluding carboxylic acids is 4. The van der Waals surface area contributed by atoms with Crippen molar-refractivity contribution in [1.29, 1.82) is 0 Å². The number of carbonyl (C=O) groups is 5. The number of aliphatic carboxylic acids is 1. The Kier molecular flexibility index (Phi) is 15.3. The van der Waals surface area contributed by atoms with Gasteiger partial charge in [-0.15, -0.1) is 11.3 Å². The van der Waals surface area contributed by atoms with Gasteiger partial charge in [0.2, 0.25) is 11.8 Å². The topological polar surface area (TPSA) is 158 Å². The molecule has 1 aromatic rings. The summed E-state index contributed by atoms with van der Waals surface area (Å²) < 4.78 is 5.73. The highest BCUT2D eigenvalue weighted by Gasteiger charge is 2.37. The predicted molar refractivity (Wildman–Crippen MR) is 184 cm³/mol. The molecule has 2 aliphatic rings. The predicted octanol–water partition coefficient (Wildman–Crippen LogP) is 4.79. The molecule has 270 valence electrons. The van der Waals surface area contributed by atoms with Gasteiger partial charge < -0.3 is 25.4 Å². The van der Waals surface area contributed by atoms with E-state index in [1.807, 2.05) is 27.7 Å². The molecule has 1 aliphatic heterocycles. The zero-order valence-corrected chi connectivity index (χ0v) is 30.6. The molecule has 1 aliphatic carbocycles. The monoisotopic (exact) mass is 691 g/mol. The Morgan fingerprint density at radius 1 is 1.06 bits per heavy atom. The summed E-state index contributed by atoms with van der Waals surface area (Å²) in [7, 11) is 1.73. The zero-order chi connectivity index (χ0) is 35.5. The first-order valence-corrected chi connectivity index (χ1v) is 18.6. The lowest BCUT2D eigenvalue weighted by Gasteiger charge is -2.38. The standard InChI is InChI=1S/C35H57N5O7S/c1-8-9-17-40-18-11-10-12-27(40)32(43)38-30(22(4)5)34(44)39(7)28(21(2)3)19-29(47-23(6)41)33-37-26(20-48-33)31(42)36-25-15-13-24(14-16-25)35(45)46/h20-22,24-25,27-30H,8-19H2,1-7H3,(H,36,42)(H,38,43)(H,45,46)/t24?,25?,27-,28-,29-,30+/m1/s1. The van der Waals surface area contributed by atoms with E-state index in [1.54, 1.807) is 17.3 Å². The molecular formula is C35H57N5O7S. The van der Waals surface area contributed by atoms with Crippen molar-refractivity contribution in [2.45, 2.75) is 136 Å². The van der Waals surface area contributed by atoms with E-state index in [1.165, 1.54) is 18.3 Å². The van der Waals surface area contributed by atoms with Gasteiger partial charge in [-0.2, -0.15) is 0 Å². The largest absolute Gasteiger partial charge is 0.481 e. The fourth-order valence-corrected chi connectivity index (χ4v) is 7.68. The first kappa shape index (κ1) is 39.4. The maximum atomic E-state index is 14.1. The Bertz CT molecular complexity index is 1250. The van der Waals surface area contributed by atoms with Crippen LogP contribution in [0.1, 0.15) is 127 Å². The highest BCUT2D eigenvalue weighted by Crippen LogP contribution is 2.31. The molecular weight excluding hydrogens is 634 g/mol. The summed E-state index contributed by atoms with van der Waals surface area (Å²) in [6, 6.07) is -1.44. The molecule has 3 N–H and O–H groups in total. The lowest BCUT2D eigenvalue weighted by Crippen LogP contribution is -2.58. The third-order valence-electron chi connectivity index (χ3n) is 9.77. The number of likely N-dealkylation sites (tertiary alicyclic amines) is 1. The summed E-state index contributed by atoms with van der Waals surface area (Å²) in [4.78, 5) is 72.7. The van der Waals surface area contributed by atoms with Gasteiger partial charge >= 0.3 is 11.9 Å². The first-order valence-electron chi connectivity index (χ1n) is 17.7. The number of nitrogens with one attached hydrogen (secondary N) is 2. The van der Waals surface area contributed by atoms with Crippen molar-refractivity contribution in [1.82, 2.24) is 25.4 Å². The van der Waals surface area contributed by atoms with E-state index >= 15 is 0 Å². The molecule has 3 amide bonds. The Labute approximate surface area is 289 Å². The molecule has 48 heavy (non-hydrogen) atoms. The van der Waals surface area contributed by atoms with Crippen LogP contribution in [0.3, 0.4) is 0 Å². The van der Waals surface area contributed by atoms with Crippen molar-refractivity contribution in [3.8, 4) is 0 Å². The number of hydrogen-bond donors (Lipinski definition) is 3. The van der Waals surface area contributed by atoms with Crippen LogP contribution in [-0.2, 0) is 23.9 Å². The maximum absolute atomic E-state index is 14.1. The van der Waals surface area contributed by atoms with E-state index in [0.29, 0.717) is 30.7 Å². The maximum Gasteiger partial charge on any atom is 0.306 e. The number of likely N-dealkylation sites (N-methyl/N-ethyl adjacent to an activating group) is 1. The molecule has 1 saturated carbocycles. The van der Waals surface area contributed by atoms with Crippen LogP contribution in [-0.4, -0.2) is 93.9 Å². The minimum Gasteiger partial charge on any atom is -0.481 e. The van der Waals surface area contributed by atoms with E-state index in [-0.39, 0.29) is 65.7 Å². The molecule has 13 heteroatoms. The molecule has 1 saturated heterocycles. The van der Waals surface area contributed by atoms with E-state index in [4.69, 9.17) is 4.74 Å². The van der Waals surface area contributed by atoms with Crippen LogP contribution in [0.15, 0.2) is 5.38 Å². The van der Waals surface area contributed by atoms with Crippen LogP contribution < -0.4 is 10.6 Å². The Balaban J connectivity index is 1.72. The first-order chi connectivity index (χ1) is 22.7. The van der Waals surface area contributed by atoms with Gasteiger partial charge in [-0.3, -0.25) is 28.9 Å². The molecule has 0 bridgehead atoms. The van der Waals surface area contributed by atoms with Crippen LogP contribution in [0.4, 0.5) is 0 Å². The van der Waals surface area contributed by atoms with Gasteiger partial charge in [0.15, 0.2) is 6.10 Å². The van der Waals surface area contributed by atoms with Crippen LogP contribution in [0.5, 0.6) is 0 Å². The molecule has 2 fully saturated rings. The minimum atomic E-state index is -0.800. The van der Waals surface area contributed by atoms with Gasteiger partial charge in [0.25, 0.3) is 5.91 Å². The number of amides is 3. The van der Waals surface area contributed by atoms with Crippen molar-refractivity contribution in [2.24, 2.45) is 17.8 Å². The summed E-state index contributed by atoms with van der Waals surface area (Å²) in [6.45, 7) is 13.1. The van der Waals surface area contributed by atoms with Crippen LogP contribution >= 0.6 is 11.3 Å². The molecule has 3 rings (SSSR count). The molecule has 0 radical (unpaired) electrons. The number of aromatic nitrogens is 1. The average molecular weight is 692 g/mol. The summed E-state index contributed by atoms with van der Waals surface area (Å²) >= 11 is 1.22. The Hall–Kier alpha value is -3.06. The lowest BCUT2D eigenvalue weighted by atomic mass is 9.86. The summed E-state index contributed by atoms with van der Waals surface area (Å²) in [5.41, 5.74) is 0.205. The van der Waals surface area contributed by atoms with E-state index in [2.05, 4.69) is 27.4 Å². The number of carboxylic acids is 1. The second-order valence-corrected chi connectivity index (χ2v) is 15.0. The number of esters is 1. The fourth-order valence-electron chi connectivity index (χ4n) is 6.84. The van der Waals surface area contributed by atoms with Gasteiger partial charge in [-0.25, -0.2) is 4.98 Å². The zero-order valence-electron chi connectivity index (χ0n) is 29.8. The normalized spacial score (nSPS) is 22.1. The minimum absolute atomic E-state index is 0.0212. The highest BCUT2D eigenvalue weighted by molar-refractivity contribution is 7.09. The fraction of sp³-hybridized carbons (Fsp3) is 0.771. The van der Waals surface area contributed by atoms with Crippen LogP contribution in [0.2, 0.25) is 0 Å². The summed E-state index contributed by atoms with van der Waals surface area (Å²) in [6.07, 6.45) is 6.60. The number of rotatable bonds is 16.